The van der Waals surface area contributed by atoms with Gasteiger partial charge in [-0.25, -0.2) is 9.79 Å². The number of ether oxygens (including phenoxy) is 3. The molecule has 34 heavy (non-hydrogen) atoms. The minimum atomic E-state index is -0.487. The third-order valence-corrected chi connectivity index (χ3v) is 5.88. The molecule has 1 aliphatic heterocycles. The van der Waals surface area contributed by atoms with E-state index in [1.807, 2.05) is 19.1 Å². The van der Waals surface area contributed by atoms with E-state index in [0.717, 1.165) is 11.3 Å². The Hall–Kier alpha value is -2.97. The molecular weight excluding hydrogens is 476 g/mol. The second kappa shape index (κ2) is 11.9. The number of hydrogen-bond donors (Lipinski definition) is 0. The highest BCUT2D eigenvalue weighted by atomic mass is 35.5. The highest BCUT2D eigenvalue weighted by molar-refractivity contribution is 8.18. The molecule has 0 aromatic heterocycles. The largest absolute Gasteiger partial charge is 0.490 e. The molecule has 0 bridgehead atoms. The first-order valence-corrected chi connectivity index (χ1v) is 12.0. The van der Waals surface area contributed by atoms with Crippen molar-refractivity contribution >= 4 is 52.2 Å². The predicted molar refractivity (Wildman–Crippen MR) is 136 cm³/mol. The van der Waals surface area contributed by atoms with Crippen molar-refractivity contribution in [1.29, 1.82) is 0 Å². The molecular formula is C25H27ClN2O5S. The predicted octanol–water partition coefficient (Wildman–Crippen LogP) is 5.55. The summed E-state index contributed by atoms with van der Waals surface area (Å²) >= 11 is 7.31. The Morgan fingerprint density at radius 1 is 1.15 bits per heavy atom. The van der Waals surface area contributed by atoms with E-state index in [0.29, 0.717) is 39.7 Å². The van der Waals surface area contributed by atoms with Gasteiger partial charge in [-0.05, 0) is 72.6 Å². The number of carbonyl (C=O) groups excluding carboxylic acids is 2. The lowest BCUT2D eigenvalue weighted by Crippen LogP contribution is -2.32. The molecule has 2 aromatic rings. The first-order chi connectivity index (χ1) is 16.3. The zero-order valence-electron chi connectivity index (χ0n) is 19.5. The van der Waals surface area contributed by atoms with Gasteiger partial charge in [0.25, 0.3) is 5.91 Å². The molecule has 9 heteroatoms. The highest BCUT2D eigenvalue weighted by Gasteiger charge is 2.33. The SMILES string of the molecule is CCOc1cc(/C=C2\SC(=Nc3ccc(Cl)cc3)N(CC(C)C)C2=O)ccc1OCC(=O)OC. The summed E-state index contributed by atoms with van der Waals surface area (Å²) in [5, 5.41) is 1.25. The van der Waals surface area contributed by atoms with E-state index < -0.39 is 5.97 Å². The van der Waals surface area contributed by atoms with Gasteiger partial charge in [-0.15, -0.1) is 0 Å². The lowest BCUT2D eigenvalue weighted by Gasteiger charge is -2.17. The number of amidine groups is 1. The smallest absolute Gasteiger partial charge is 0.343 e. The number of halogens is 1. The van der Waals surface area contributed by atoms with Crippen LogP contribution < -0.4 is 9.47 Å². The topological polar surface area (TPSA) is 77.4 Å². The summed E-state index contributed by atoms with van der Waals surface area (Å²) in [5.74, 6) is 0.585. The van der Waals surface area contributed by atoms with E-state index in [1.54, 1.807) is 41.3 Å². The zero-order valence-corrected chi connectivity index (χ0v) is 21.1. The second-order valence-electron chi connectivity index (χ2n) is 7.80. The Balaban J connectivity index is 1.90. The van der Waals surface area contributed by atoms with Crippen molar-refractivity contribution in [2.45, 2.75) is 20.8 Å². The number of nitrogens with zero attached hydrogens (tertiary/aromatic N) is 2. The number of rotatable bonds is 9. The Bertz CT molecular complexity index is 1100. The number of methoxy groups -OCH3 is 1. The number of amides is 1. The summed E-state index contributed by atoms with van der Waals surface area (Å²) in [7, 11) is 1.30. The minimum Gasteiger partial charge on any atom is -0.490 e. The first kappa shape index (κ1) is 25.6. The maximum Gasteiger partial charge on any atom is 0.343 e. The summed E-state index contributed by atoms with van der Waals surface area (Å²) in [4.78, 5) is 31.6. The molecule has 3 rings (SSSR count). The number of carbonyl (C=O) groups is 2. The molecule has 1 saturated heterocycles. The number of benzene rings is 2. The molecule has 0 unspecified atom stereocenters. The summed E-state index contributed by atoms with van der Waals surface area (Å²) in [6.45, 7) is 6.72. The van der Waals surface area contributed by atoms with E-state index >= 15 is 0 Å². The van der Waals surface area contributed by atoms with Crippen molar-refractivity contribution in [2.75, 3.05) is 26.9 Å². The van der Waals surface area contributed by atoms with Crippen molar-refractivity contribution in [3.05, 3.63) is 58.0 Å². The van der Waals surface area contributed by atoms with E-state index in [9.17, 15) is 9.59 Å². The molecule has 0 spiro atoms. The highest BCUT2D eigenvalue weighted by Crippen LogP contribution is 2.36. The normalized spacial score (nSPS) is 15.9. The molecule has 0 saturated carbocycles. The molecule has 180 valence electrons. The Labute approximate surface area is 208 Å². The van der Waals surface area contributed by atoms with Crippen molar-refractivity contribution < 1.29 is 23.8 Å². The molecule has 1 fully saturated rings. The number of hydrogen-bond acceptors (Lipinski definition) is 7. The fourth-order valence-electron chi connectivity index (χ4n) is 3.09. The van der Waals surface area contributed by atoms with Gasteiger partial charge >= 0.3 is 5.97 Å². The average molecular weight is 503 g/mol. The quantitative estimate of drug-likeness (QED) is 0.330. The van der Waals surface area contributed by atoms with Crippen LogP contribution in [0.2, 0.25) is 5.02 Å². The Kier molecular flexibility index (Phi) is 9.01. The third-order valence-electron chi connectivity index (χ3n) is 4.63. The standard InChI is InChI=1S/C25H27ClN2O5S/c1-5-32-21-12-17(6-11-20(21)33-15-23(29)31-4)13-22-24(30)28(14-16(2)3)25(34-22)27-19-9-7-18(26)8-10-19/h6-13,16H,5,14-15H2,1-4H3/b22-13-,27-25?. The van der Waals surface area contributed by atoms with Gasteiger partial charge in [0, 0.05) is 11.6 Å². The second-order valence-corrected chi connectivity index (χ2v) is 9.24. The van der Waals surface area contributed by atoms with Crippen LogP contribution in [-0.4, -0.2) is 48.8 Å². The van der Waals surface area contributed by atoms with Crippen molar-refractivity contribution in [3.8, 4) is 11.5 Å². The zero-order chi connectivity index (χ0) is 24.7. The summed E-state index contributed by atoms with van der Waals surface area (Å²) in [6, 6.07) is 12.5. The first-order valence-electron chi connectivity index (χ1n) is 10.8. The Morgan fingerprint density at radius 3 is 2.53 bits per heavy atom. The Morgan fingerprint density at radius 2 is 1.88 bits per heavy atom. The van der Waals surface area contributed by atoms with E-state index in [4.69, 9.17) is 21.1 Å². The number of esters is 1. The van der Waals surface area contributed by atoms with Crippen molar-refractivity contribution in [3.63, 3.8) is 0 Å². The van der Waals surface area contributed by atoms with Crippen molar-refractivity contribution in [2.24, 2.45) is 10.9 Å². The lowest BCUT2D eigenvalue weighted by molar-refractivity contribution is -0.142. The summed E-state index contributed by atoms with van der Waals surface area (Å²) < 4.78 is 15.8. The average Bonchev–Trinajstić information content (AvgIpc) is 3.08. The van der Waals surface area contributed by atoms with E-state index in [1.165, 1.54) is 18.9 Å². The van der Waals surface area contributed by atoms with Crippen molar-refractivity contribution in [1.82, 2.24) is 4.90 Å². The van der Waals surface area contributed by atoms with Gasteiger partial charge in [0.1, 0.15) is 0 Å². The van der Waals surface area contributed by atoms with Crippen LogP contribution in [0.15, 0.2) is 52.4 Å². The van der Waals surface area contributed by atoms with Gasteiger partial charge in [0.2, 0.25) is 0 Å². The maximum absolute atomic E-state index is 13.2. The molecule has 2 aromatic carbocycles. The number of aliphatic imine (C=N–C) groups is 1. The van der Waals surface area contributed by atoms with Crippen LogP contribution >= 0.6 is 23.4 Å². The van der Waals surface area contributed by atoms with E-state index in [2.05, 4.69) is 23.6 Å². The molecule has 1 amide bonds. The fourth-order valence-corrected chi connectivity index (χ4v) is 4.23. The van der Waals surface area contributed by atoms with Gasteiger partial charge in [0.05, 0.1) is 24.3 Å². The molecule has 0 N–H and O–H groups in total. The fraction of sp³-hybridized carbons (Fsp3) is 0.320. The molecule has 1 heterocycles. The molecule has 7 nitrogen and oxygen atoms in total. The summed E-state index contributed by atoms with van der Waals surface area (Å²) in [5.41, 5.74) is 1.49. The van der Waals surface area contributed by atoms with Gasteiger partial charge in [0.15, 0.2) is 23.3 Å². The van der Waals surface area contributed by atoms with Gasteiger partial charge in [-0.2, -0.15) is 0 Å². The van der Waals surface area contributed by atoms with Crippen LogP contribution in [0.3, 0.4) is 0 Å². The monoisotopic (exact) mass is 502 g/mol. The third kappa shape index (κ3) is 6.77. The van der Waals surface area contributed by atoms with Crippen LogP contribution in [0.5, 0.6) is 11.5 Å². The van der Waals surface area contributed by atoms with E-state index in [-0.39, 0.29) is 18.4 Å². The maximum atomic E-state index is 13.2. The van der Waals surface area contributed by atoms with Crippen LogP contribution in [0, 0.1) is 5.92 Å². The molecule has 1 aliphatic rings. The molecule has 0 radical (unpaired) electrons. The van der Waals surface area contributed by atoms with Crippen LogP contribution in [0.4, 0.5) is 5.69 Å². The van der Waals surface area contributed by atoms with Gasteiger partial charge in [-0.3, -0.25) is 9.69 Å². The van der Waals surface area contributed by atoms with Gasteiger partial charge < -0.3 is 14.2 Å². The van der Waals surface area contributed by atoms with Gasteiger partial charge in [-0.1, -0.05) is 31.5 Å². The van der Waals surface area contributed by atoms with Crippen LogP contribution in [0.1, 0.15) is 26.3 Å². The number of thioether (sulfide) groups is 1. The van der Waals surface area contributed by atoms with Crippen LogP contribution in [-0.2, 0) is 14.3 Å². The van der Waals surface area contributed by atoms with Crippen LogP contribution in [0.25, 0.3) is 6.08 Å². The lowest BCUT2D eigenvalue weighted by atomic mass is 10.1. The molecule has 0 atom stereocenters. The minimum absolute atomic E-state index is 0.101. The summed E-state index contributed by atoms with van der Waals surface area (Å²) in [6.07, 6.45) is 1.80. The molecule has 0 aliphatic carbocycles.